The lowest BCUT2D eigenvalue weighted by atomic mass is 9.71. The third kappa shape index (κ3) is 4.33. The van der Waals surface area contributed by atoms with Gasteiger partial charge in [0.15, 0.2) is 0 Å². The molecule has 1 spiro atoms. The van der Waals surface area contributed by atoms with E-state index in [1.54, 1.807) is 0 Å². The number of hydrogen-bond donors (Lipinski definition) is 0. The van der Waals surface area contributed by atoms with Gasteiger partial charge in [-0.2, -0.15) is 0 Å². The van der Waals surface area contributed by atoms with Crippen LogP contribution in [0.5, 0.6) is 0 Å². The van der Waals surface area contributed by atoms with Crippen molar-refractivity contribution in [2.24, 2.45) is 17.3 Å². The zero-order valence-electron chi connectivity index (χ0n) is 16.2. The van der Waals surface area contributed by atoms with Crippen LogP contribution in [0.25, 0.3) is 0 Å². The molecule has 3 aliphatic rings. The molecule has 0 aliphatic carbocycles. The van der Waals surface area contributed by atoms with Crippen LogP contribution < -0.4 is 0 Å². The molecule has 4 nitrogen and oxygen atoms in total. The molecular weight excluding hydrogens is 344 g/mol. The Morgan fingerprint density at radius 2 is 2.04 bits per heavy atom. The van der Waals surface area contributed by atoms with Crippen LogP contribution in [0.1, 0.15) is 30.6 Å². The Morgan fingerprint density at radius 3 is 2.73 bits per heavy atom. The summed E-state index contributed by atoms with van der Waals surface area (Å²) >= 11 is 1.89. The highest BCUT2D eigenvalue weighted by atomic mass is 32.1. The molecule has 5 heteroatoms. The summed E-state index contributed by atoms with van der Waals surface area (Å²) in [4.78, 5) is 6.91. The van der Waals surface area contributed by atoms with Crippen LogP contribution in [-0.4, -0.2) is 69.5 Å². The van der Waals surface area contributed by atoms with Crippen molar-refractivity contribution in [1.82, 2.24) is 9.80 Å². The topological polar surface area (TPSA) is 24.9 Å². The molecule has 3 aliphatic heterocycles. The maximum absolute atomic E-state index is 5.63. The van der Waals surface area contributed by atoms with Gasteiger partial charge < -0.3 is 14.4 Å². The minimum Gasteiger partial charge on any atom is -0.384 e. The number of methoxy groups -OCH3 is 1. The van der Waals surface area contributed by atoms with E-state index in [0.29, 0.717) is 11.3 Å². The first-order chi connectivity index (χ1) is 12.8. The molecule has 26 heavy (non-hydrogen) atoms. The molecule has 4 heterocycles. The van der Waals surface area contributed by atoms with Crippen molar-refractivity contribution < 1.29 is 9.47 Å². The second kappa shape index (κ2) is 8.70. The van der Waals surface area contributed by atoms with E-state index in [1.165, 1.54) is 63.3 Å². The minimum absolute atomic E-state index is 0.472. The zero-order valence-corrected chi connectivity index (χ0v) is 17.0. The van der Waals surface area contributed by atoms with E-state index in [0.717, 1.165) is 32.3 Å². The molecule has 1 aromatic heterocycles. The van der Waals surface area contributed by atoms with Gasteiger partial charge >= 0.3 is 0 Å². The van der Waals surface area contributed by atoms with Crippen LogP contribution in [0.2, 0.25) is 0 Å². The molecule has 0 amide bonds. The lowest BCUT2D eigenvalue weighted by Gasteiger charge is -2.43. The number of nitrogens with zero attached hydrogens (tertiary/aromatic N) is 2. The maximum atomic E-state index is 5.63. The summed E-state index contributed by atoms with van der Waals surface area (Å²) < 4.78 is 11.2. The van der Waals surface area contributed by atoms with Crippen LogP contribution >= 0.6 is 11.3 Å². The van der Waals surface area contributed by atoms with Crippen molar-refractivity contribution in [3.63, 3.8) is 0 Å². The molecule has 0 saturated carbocycles. The van der Waals surface area contributed by atoms with Crippen LogP contribution in [0.15, 0.2) is 17.5 Å². The van der Waals surface area contributed by atoms with Gasteiger partial charge in [-0.05, 0) is 61.6 Å². The third-order valence-electron chi connectivity index (χ3n) is 6.92. The van der Waals surface area contributed by atoms with Crippen molar-refractivity contribution >= 4 is 11.3 Å². The van der Waals surface area contributed by atoms with Crippen molar-refractivity contribution in [3.05, 3.63) is 22.4 Å². The lowest BCUT2D eigenvalue weighted by Crippen LogP contribution is -2.46. The molecule has 0 radical (unpaired) electrons. The van der Waals surface area contributed by atoms with E-state index in [-0.39, 0.29) is 0 Å². The summed E-state index contributed by atoms with van der Waals surface area (Å²) in [6.45, 7) is 10.2. The lowest BCUT2D eigenvalue weighted by molar-refractivity contribution is 0.0160. The van der Waals surface area contributed by atoms with Gasteiger partial charge in [0.1, 0.15) is 0 Å². The highest BCUT2D eigenvalue weighted by Crippen LogP contribution is 2.45. The Kier molecular flexibility index (Phi) is 6.32. The van der Waals surface area contributed by atoms with Crippen molar-refractivity contribution in [3.8, 4) is 0 Å². The highest BCUT2D eigenvalue weighted by Gasteiger charge is 2.47. The van der Waals surface area contributed by atoms with Gasteiger partial charge in [-0.1, -0.05) is 6.07 Å². The van der Waals surface area contributed by atoms with Crippen LogP contribution in [-0.2, 0) is 16.0 Å². The Labute approximate surface area is 162 Å². The number of likely N-dealkylation sites (tertiary alicyclic amines) is 2. The zero-order chi connectivity index (χ0) is 17.8. The van der Waals surface area contributed by atoms with E-state index in [1.807, 2.05) is 18.4 Å². The molecule has 1 aromatic rings. The van der Waals surface area contributed by atoms with Crippen LogP contribution in [0.3, 0.4) is 0 Å². The largest absolute Gasteiger partial charge is 0.384 e. The van der Waals surface area contributed by atoms with E-state index in [9.17, 15) is 0 Å². The van der Waals surface area contributed by atoms with Crippen molar-refractivity contribution in [2.45, 2.75) is 32.2 Å². The Balaban J connectivity index is 1.33. The third-order valence-corrected chi connectivity index (χ3v) is 7.78. The van der Waals surface area contributed by atoms with E-state index in [2.05, 4.69) is 27.3 Å². The number of thiophene rings is 1. The van der Waals surface area contributed by atoms with Gasteiger partial charge in [0.05, 0.1) is 6.61 Å². The summed E-state index contributed by atoms with van der Waals surface area (Å²) in [5, 5.41) is 2.20. The second-order valence-electron chi connectivity index (χ2n) is 8.62. The summed E-state index contributed by atoms with van der Waals surface area (Å²) in [7, 11) is 1.87. The predicted octanol–water partition coefficient (Wildman–Crippen LogP) is 3.34. The molecule has 0 bridgehead atoms. The Hall–Kier alpha value is -0.460. The van der Waals surface area contributed by atoms with E-state index >= 15 is 0 Å². The molecular formula is C21H34N2O2S. The first kappa shape index (κ1) is 18.9. The van der Waals surface area contributed by atoms with Gasteiger partial charge in [0.25, 0.3) is 0 Å². The molecule has 146 valence electrons. The molecule has 3 fully saturated rings. The van der Waals surface area contributed by atoms with Crippen molar-refractivity contribution in [2.75, 3.05) is 59.7 Å². The number of ether oxygens (including phenoxy) is 2. The average Bonchev–Trinajstić information content (AvgIpc) is 3.28. The molecule has 0 N–H and O–H groups in total. The molecule has 0 unspecified atom stereocenters. The fraction of sp³-hybridized carbons (Fsp3) is 0.810. The first-order valence-electron chi connectivity index (χ1n) is 10.3. The Morgan fingerprint density at radius 1 is 1.23 bits per heavy atom. The van der Waals surface area contributed by atoms with Gasteiger partial charge in [-0.15, -0.1) is 11.3 Å². The minimum atomic E-state index is 0.472. The number of hydrogen-bond acceptors (Lipinski definition) is 5. The van der Waals surface area contributed by atoms with Gasteiger partial charge in [0, 0.05) is 57.3 Å². The average molecular weight is 379 g/mol. The van der Waals surface area contributed by atoms with Gasteiger partial charge in [-0.3, -0.25) is 4.90 Å². The van der Waals surface area contributed by atoms with Crippen LogP contribution in [0.4, 0.5) is 0 Å². The predicted molar refractivity (Wildman–Crippen MR) is 107 cm³/mol. The fourth-order valence-electron chi connectivity index (χ4n) is 5.36. The van der Waals surface area contributed by atoms with Gasteiger partial charge in [0.2, 0.25) is 0 Å². The van der Waals surface area contributed by atoms with Crippen LogP contribution in [0, 0.1) is 17.3 Å². The summed E-state index contributed by atoms with van der Waals surface area (Å²) in [6, 6.07) is 4.45. The molecule has 4 rings (SSSR count). The highest BCUT2D eigenvalue weighted by molar-refractivity contribution is 7.09. The summed E-state index contributed by atoms with van der Waals surface area (Å²) in [5.41, 5.74) is 0.472. The van der Waals surface area contributed by atoms with Crippen molar-refractivity contribution in [1.29, 1.82) is 0 Å². The SMILES string of the molecule is COC[C@H]1CN(Cc2cccs2)CC12CCN(CC1CCOCC1)CC2. The standard InChI is InChI=1S/C21H34N2O2S/c1-24-16-19-14-23(15-20-3-2-12-26-20)17-21(19)6-8-22(9-7-21)13-18-4-10-25-11-5-18/h2-3,12,18-19H,4-11,13-17H2,1H3/t19-/m1/s1. The first-order valence-corrected chi connectivity index (χ1v) is 11.2. The Bertz CT molecular complexity index is 536. The maximum Gasteiger partial charge on any atom is 0.0508 e. The number of piperidine rings is 1. The fourth-order valence-corrected chi connectivity index (χ4v) is 6.11. The number of rotatable bonds is 6. The van der Waals surface area contributed by atoms with Gasteiger partial charge in [-0.25, -0.2) is 0 Å². The smallest absolute Gasteiger partial charge is 0.0508 e. The van der Waals surface area contributed by atoms with E-state index in [4.69, 9.17) is 9.47 Å². The normalized spacial score (nSPS) is 28.1. The molecule has 1 atom stereocenters. The monoisotopic (exact) mass is 378 g/mol. The quantitative estimate of drug-likeness (QED) is 0.758. The summed E-state index contributed by atoms with van der Waals surface area (Å²) in [6.07, 6.45) is 5.18. The van der Waals surface area contributed by atoms with E-state index < -0.39 is 0 Å². The molecule has 3 saturated heterocycles. The molecule has 0 aromatic carbocycles. The second-order valence-corrected chi connectivity index (χ2v) is 9.65. The summed E-state index contributed by atoms with van der Waals surface area (Å²) in [5.74, 6) is 1.55.